The van der Waals surface area contributed by atoms with Gasteiger partial charge in [-0.05, 0) is 56.7 Å². The molecule has 2 aromatic rings. The highest BCUT2D eigenvalue weighted by molar-refractivity contribution is 6.06. The fourth-order valence-electron chi connectivity index (χ4n) is 4.07. The highest BCUT2D eigenvalue weighted by Gasteiger charge is 2.25. The third-order valence-electron chi connectivity index (χ3n) is 5.48. The fourth-order valence-corrected chi connectivity index (χ4v) is 4.07. The van der Waals surface area contributed by atoms with Gasteiger partial charge >= 0.3 is 0 Å². The minimum Gasteiger partial charge on any atom is -0.353 e. The summed E-state index contributed by atoms with van der Waals surface area (Å²) in [6.07, 6.45) is 6.70. The summed E-state index contributed by atoms with van der Waals surface area (Å²) in [6, 6.07) is 16.5. The molecule has 28 heavy (non-hydrogen) atoms. The van der Waals surface area contributed by atoms with Gasteiger partial charge < -0.3 is 5.32 Å². The number of benzene rings is 2. The van der Waals surface area contributed by atoms with Crippen molar-refractivity contribution in [3.63, 3.8) is 0 Å². The van der Waals surface area contributed by atoms with E-state index in [4.69, 9.17) is 0 Å². The average molecular weight is 374 g/mol. The highest BCUT2D eigenvalue weighted by atomic mass is 16.1. The van der Waals surface area contributed by atoms with E-state index in [9.17, 15) is 4.79 Å². The van der Waals surface area contributed by atoms with E-state index >= 15 is 0 Å². The molecule has 2 aromatic carbocycles. The van der Waals surface area contributed by atoms with E-state index in [0.717, 1.165) is 42.0 Å². The largest absolute Gasteiger partial charge is 0.353 e. The molecule has 2 N–H and O–H groups in total. The number of rotatable bonds is 5. The number of aryl methyl sites for hydroxylation is 1. The molecular weight excluding hydrogens is 346 g/mol. The number of fused-ring (bicyclic) bond motifs is 1. The Kier molecular flexibility index (Phi) is 5.20. The second-order valence-electron chi connectivity index (χ2n) is 7.39. The SMILES string of the molecule is CCN1C=C(Nc2cccc3c2CCCC3)C(C(C)=O)=C(c2ccccc2)N1. The summed E-state index contributed by atoms with van der Waals surface area (Å²) >= 11 is 0. The van der Waals surface area contributed by atoms with Crippen LogP contribution in [0.4, 0.5) is 5.69 Å². The van der Waals surface area contributed by atoms with E-state index in [1.54, 1.807) is 6.92 Å². The Balaban J connectivity index is 1.79. The molecule has 4 rings (SSSR count). The number of nitrogens with zero attached hydrogens (tertiary/aromatic N) is 1. The number of carbonyl (C=O) groups is 1. The normalized spacial score (nSPS) is 16.2. The van der Waals surface area contributed by atoms with Crippen LogP contribution in [-0.2, 0) is 17.6 Å². The molecule has 2 aliphatic rings. The van der Waals surface area contributed by atoms with Crippen molar-refractivity contribution < 1.29 is 4.79 Å². The lowest BCUT2D eigenvalue weighted by Gasteiger charge is -2.32. The van der Waals surface area contributed by atoms with Gasteiger partial charge in [-0.25, -0.2) is 0 Å². The van der Waals surface area contributed by atoms with E-state index in [2.05, 4.69) is 35.9 Å². The zero-order chi connectivity index (χ0) is 19.5. The van der Waals surface area contributed by atoms with Crippen LogP contribution in [0.15, 0.2) is 66.0 Å². The Bertz CT molecular complexity index is 944. The van der Waals surface area contributed by atoms with Crippen molar-refractivity contribution >= 4 is 17.2 Å². The monoisotopic (exact) mass is 373 g/mol. The number of anilines is 1. The number of Topliss-reactive ketones (excluding diaryl/α,β-unsaturated/α-hetero) is 1. The molecule has 0 bridgehead atoms. The summed E-state index contributed by atoms with van der Waals surface area (Å²) in [4.78, 5) is 12.7. The smallest absolute Gasteiger partial charge is 0.164 e. The molecule has 0 saturated heterocycles. The van der Waals surface area contributed by atoms with Crippen LogP contribution >= 0.6 is 0 Å². The van der Waals surface area contributed by atoms with Crippen molar-refractivity contribution in [1.82, 2.24) is 10.4 Å². The van der Waals surface area contributed by atoms with Gasteiger partial charge in [0, 0.05) is 24.0 Å². The molecule has 1 aliphatic heterocycles. The van der Waals surface area contributed by atoms with E-state index in [1.165, 1.54) is 24.0 Å². The zero-order valence-electron chi connectivity index (χ0n) is 16.6. The van der Waals surface area contributed by atoms with Crippen molar-refractivity contribution in [2.45, 2.75) is 39.5 Å². The third kappa shape index (κ3) is 3.55. The lowest BCUT2D eigenvalue weighted by Crippen LogP contribution is -2.38. The molecule has 4 nitrogen and oxygen atoms in total. The first-order valence-corrected chi connectivity index (χ1v) is 10.1. The first-order valence-electron chi connectivity index (χ1n) is 10.1. The van der Waals surface area contributed by atoms with E-state index in [0.29, 0.717) is 5.57 Å². The molecule has 0 amide bonds. The van der Waals surface area contributed by atoms with Crippen molar-refractivity contribution in [1.29, 1.82) is 0 Å². The van der Waals surface area contributed by atoms with Crippen molar-refractivity contribution in [3.8, 4) is 0 Å². The van der Waals surface area contributed by atoms with Crippen LogP contribution < -0.4 is 10.7 Å². The first kappa shape index (κ1) is 18.4. The molecule has 0 unspecified atom stereocenters. The van der Waals surface area contributed by atoms with Gasteiger partial charge in [-0.2, -0.15) is 0 Å². The van der Waals surface area contributed by atoms with Crippen LogP contribution in [0.2, 0.25) is 0 Å². The van der Waals surface area contributed by atoms with Gasteiger partial charge in [0.2, 0.25) is 0 Å². The van der Waals surface area contributed by atoms with Crippen LogP contribution in [0, 0.1) is 0 Å². The number of hydrogen-bond acceptors (Lipinski definition) is 4. The van der Waals surface area contributed by atoms with Crippen LogP contribution in [-0.4, -0.2) is 17.3 Å². The lowest BCUT2D eigenvalue weighted by atomic mass is 9.90. The van der Waals surface area contributed by atoms with Gasteiger partial charge in [-0.1, -0.05) is 42.5 Å². The van der Waals surface area contributed by atoms with Crippen LogP contribution in [0.5, 0.6) is 0 Å². The van der Waals surface area contributed by atoms with Gasteiger partial charge in [-0.3, -0.25) is 15.2 Å². The summed E-state index contributed by atoms with van der Waals surface area (Å²) < 4.78 is 0. The molecule has 0 fully saturated rings. The van der Waals surface area contributed by atoms with Gasteiger partial charge in [0.15, 0.2) is 5.78 Å². The summed E-state index contributed by atoms with van der Waals surface area (Å²) in [5.74, 6) is 0.0469. The molecule has 0 saturated carbocycles. The number of allylic oxidation sites excluding steroid dienone is 1. The highest BCUT2D eigenvalue weighted by Crippen LogP contribution is 2.32. The molecule has 0 radical (unpaired) electrons. The average Bonchev–Trinajstić information content (AvgIpc) is 2.74. The van der Waals surface area contributed by atoms with Crippen LogP contribution in [0.25, 0.3) is 5.70 Å². The molecule has 1 heterocycles. The molecule has 4 heteroatoms. The number of hydrogen-bond donors (Lipinski definition) is 2. The van der Waals surface area contributed by atoms with Crippen molar-refractivity contribution in [2.24, 2.45) is 0 Å². The Labute approximate surface area is 166 Å². The predicted molar refractivity (Wildman–Crippen MR) is 114 cm³/mol. The van der Waals surface area contributed by atoms with Crippen molar-refractivity contribution in [2.75, 3.05) is 11.9 Å². The lowest BCUT2D eigenvalue weighted by molar-refractivity contribution is -0.113. The second-order valence-corrected chi connectivity index (χ2v) is 7.39. The molecule has 1 aliphatic carbocycles. The predicted octanol–water partition coefficient (Wildman–Crippen LogP) is 4.66. The Morgan fingerprint density at radius 2 is 1.86 bits per heavy atom. The maximum Gasteiger partial charge on any atom is 0.164 e. The van der Waals surface area contributed by atoms with Gasteiger partial charge in [-0.15, -0.1) is 0 Å². The quantitative estimate of drug-likeness (QED) is 0.800. The summed E-state index contributed by atoms with van der Waals surface area (Å²) in [7, 11) is 0. The summed E-state index contributed by atoms with van der Waals surface area (Å²) in [5, 5.41) is 5.63. The second kappa shape index (κ2) is 7.93. The number of nitrogens with one attached hydrogen (secondary N) is 2. The van der Waals surface area contributed by atoms with E-state index in [-0.39, 0.29) is 5.78 Å². The first-order chi connectivity index (χ1) is 13.7. The van der Waals surface area contributed by atoms with Gasteiger partial charge in [0.1, 0.15) is 0 Å². The number of hydrazine groups is 1. The fraction of sp³-hybridized carbons (Fsp3) is 0.292. The molecule has 0 spiro atoms. The number of ketones is 1. The summed E-state index contributed by atoms with van der Waals surface area (Å²) in [6.45, 7) is 4.52. The molecule has 0 atom stereocenters. The topological polar surface area (TPSA) is 44.4 Å². The molecular formula is C24H27N3O. The minimum atomic E-state index is 0.0469. The third-order valence-corrected chi connectivity index (χ3v) is 5.48. The minimum absolute atomic E-state index is 0.0469. The van der Waals surface area contributed by atoms with Gasteiger partial charge in [0.05, 0.1) is 17.0 Å². The maximum atomic E-state index is 12.7. The maximum absolute atomic E-state index is 12.7. The van der Waals surface area contributed by atoms with Crippen molar-refractivity contribution in [3.05, 3.63) is 82.7 Å². The molecule has 0 aromatic heterocycles. The summed E-state index contributed by atoms with van der Waals surface area (Å²) in [5.41, 5.74) is 10.7. The Morgan fingerprint density at radius 3 is 2.61 bits per heavy atom. The van der Waals surface area contributed by atoms with Crippen LogP contribution in [0.1, 0.15) is 43.4 Å². The molecule has 144 valence electrons. The van der Waals surface area contributed by atoms with E-state index in [1.807, 2.05) is 41.5 Å². The number of carbonyl (C=O) groups excluding carboxylic acids is 1. The van der Waals surface area contributed by atoms with Gasteiger partial charge in [0.25, 0.3) is 0 Å². The standard InChI is InChI=1S/C24H27N3O/c1-3-27-16-22(25-21-15-9-13-18-10-7-8-14-20(18)21)23(17(2)28)24(26-27)19-11-5-4-6-12-19/h4-6,9,11-13,15-16,25-26H,3,7-8,10,14H2,1-2H3. The Hall–Kier alpha value is -3.01. The van der Waals surface area contributed by atoms with E-state index < -0.39 is 0 Å². The zero-order valence-corrected chi connectivity index (χ0v) is 16.6. The van der Waals surface area contributed by atoms with Crippen LogP contribution in [0.3, 0.4) is 0 Å². The Morgan fingerprint density at radius 1 is 1.07 bits per heavy atom.